The molecule has 2 atom stereocenters. The van der Waals surface area contributed by atoms with E-state index in [1.165, 1.54) is 22.9 Å². The summed E-state index contributed by atoms with van der Waals surface area (Å²) in [5, 5.41) is 3.81. The number of hydrogen-bond donors (Lipinski definition) is 2. The number of para-hydroxylation sites is 2. The number of thioether (sulfide) groups is 1. The number of aryl methyl sites for hydroxylation is 1. The number of nitrogens with zero attached hydrogens (tertiary/aromatic N) is 1. The molecular formula is C20H21N3OS. The summed E-state index contributed by atoms with van der Waals surface area (Å²) in [6.45, 7) is 1.93. The fourth-order valence-electron chi connectivity index (χ4n) is 3.40. The number of carbonyl (C=O) groups is 1. The lowest BCUT2D eigenvalue weighted by Crippen LogP contribution is -2.35. The highest BCUT2D eigenvalue weighted by atomic mass is 32.2. The summed E-state index contributed by atoms with van der Waals surface area (Å²) < 4.78 is 0. The van der Waals surface area contributed by atoms with Crippen molar-refractivity contribution >= 4 is 28.7 Å². The summed E-state index contributed by atoms with van der Waals surface area (Å²) in [5.74, 6) is 0.0622. The first-order chi connectivity index (χ1) is 12.2. The highest BCUT2D eigenvalue weighted by molar-refractivity contribution is 8.00. The molecule has 1 aromatic heterocycles. The Morgan fingerprint density at radius 3 is 2.92 bits per heavy atom. The van der Waals surface area contributed by atoms with E-state index in [-0.39, 0.29) is 17.2 Å². The van der Waals surface area contributed by atoms with E-state index in [2.05, 4.69) is 39.6 Å². The molecule has 1 aliphatic carbocycles. The summed E-state index contributed by atoms with van der Waals surface area (Å²) in [6, 6.07) is 16.5. The van der Waals surface area contributed by atoms with Gasteiger partial charge in [-0.15, -0.1) is 0 Å². The Hall–Kier alpha value is -2.27. The third-order valence-electron chi connectivity index (χ3n) is 4.71. The quantitative estimate of drug-likeness (QED) is 0.691. The van der Waals surface area contributed by atoms with E-state index >= 15 is 0 Å². The van der Waals surface area contributed by atoms with Crippen LogP contribution in [0.15, 0.2) is 53.7 Å². The summed E-state index contributed by atoms with van der Waals surface area (Å²) in [5.41, 5.74) is 4.55. The van der Waals surface area contributed by atoms with Crippen LogP contribution in [-0.4, -0.2) is 21.1 Å². The zero-order valence-corrected chi connectivity index (χ0v) is 15.0. The van der Waals surface area contributed by atoms with Crippen LogP contribution >= 0.6 is 11.8 Å². The van der Waals surface area contributed by atoms with Crippen LogP contribution in [0.25, 0.3) is 11.0 Å². The number of amides is 1. The minimum atomic E-state index is -0.199. The largest absolute Gasteiger partial charge is 0.348 e. The Balaban J connectivity index is 1.44. The Bertz CT molecular complexity index is 872. The number of hydrogen-bond acceptors (Lipinski definition) is 3. The van der Waals surface area contributed by atoms with Crippen molar-refractivity contribution in [1.29, 1.82) is 0 Å². The molecule has 25 heavy (non-hydrogen) atoms. The van der Waals surface area contributed by atoms with Gasteiger partial charge in [0.2, 0.25) is 5.91 Å². The normalized spacial score (nSPS) is 17.9. The molecule has 0 unspecified atom stereocenters. The fraction of sp³-hybridized carbons (Fsp3) is 0.300. The molecule has 1 aliphatic rings. The molecule has 2 N–H and O–H groups in total. The van der Waals surface area contributed by atoms with Gasteiger partial charge in [0.05, 0.1) is 22.3 Å². The lowest BCUT2D eigenvalue weighted by atomic mass is 9.88. The van der Waals surface area contributed by atoms with Crippen molar-refractivity contribution < 1.29 is 4.79 Å². The molecule has 4 rings (SSSR count). The molecule has 0 radical (unpaired) electrons. The molecule has 128 valence electrons. The van der Waals surface area contributed by atoms with Gasteiger partial charge in [0.15, 0.2) is 5.16 Å². The molecular weight excluding hydrogens is 330 g/mol. The van der Waals surface area contributed by atoms with Crippen molar-refractivity contribution in [3.63, 3.8) is 0 Å². The first kappa shape index (κ1) is 16.2. The van der Waals surface area contributed by atoms with Crippen LogP contribution in [0.2, 0.25) is 0 Å². The second kappa shape index (κ2) is 6.92. The number of carbonyl (C=O) groups excluding carboxylic acids is 1. The van der Waals surface area contributed by atoms with E-state index < -0.39 is 0 Å². The van der Waals surface area contributed by atoms with Crippen LogP contribution in [0, 0.1) is 0 Å². The van der Waals surface area contributed by atoms with Gasteiger partial charge in [-0.3, -0.25) is 4.79 Å². The standard InChI is InChI=1S/C20H21N3OS/c1-13(25-20-22-17-10-4-5-11-18(17)23-20)19(24)21-16-12-6-8-14-7-2-3-9-15(14)16/h2-5,7,9-11,13,16H,6,8,12H2,1H3,(H,21,24)(H,22,23)/t13-,16+/m1/s1. The Labute approximate surface area is 151 Å². The molecule has 4 nitrogen and oxygen atoms in total. The monoisotopic (exact) mass is 351 g/mol. The van der Waals surface area contributed by atoms with Crippen LogP contribution in [0.5, 0.6) is 0 Å². The molecule has 2 aromatic carbocycles. The average molecular weight is 351 g/mol. The molecule has 0 saturated carbocycles. The average Bonchev–Trinajstić information content (AvgIpc) is 3.04. The summed E-state index contributed by atoms with van der Waals surface area (Å²) in [4.78, 5) is 20.5. The SMILES string of the molecule is C[C@@H](Sc1nc2ccccc2[nH]1)C(=O)N[C@H]1CCCc2ccccc21. The van der Waals surface area contributed by atoms with Crippen molar-refractivity contribution in [3.8, 4) is 0 Å². The maximum atomic E-state index is 12.7. The van der Waals surface area contributed by atoms with Crippen molar-refractivity contribution in [2.24, 2.45) is 0 Å². The fourth-order valence-corrected chi connectivity index (χ4v) is 4.23. The van der Waals surface area contributed by atoms with Gasteiger partial charge in [-0.05, 0) is 49.4 Å². The summed E-state index contributed by atoms with van der Waals surface area (Å²) >= 11 is 1.47. The molecule has 0 saturated heterocycles. The minimum absolute atomic E-state index is 0.0622. The number of nitrogens with one attached hydrogen (secondary N) is 2. The van der Waals surface area contributed by atoms with Crippen molar-refractivity contribution in [3.05, 3.63) is 59.7 Å². The molecule has 1 amide bonds. The highest BCUT2D eigenvalue weighted by Crippen LogP contribution is 2.30. The smallest absolute Gasteiger partial charge is 0.233 e. The number of fused-ring (bicyclic) bond motifs is 2. The van der Waals surface area contributed by atoms with Gasteiger partial charge in [-0.2, -0.15) is 0 Å². The zero-order valence-electron chi connectivity index (χ0n) is 14.2. The number of aromatic nitrogens is 2. The first-order valence-electron chi connectivity index (χ1n) is 8.70. The predicted octanol–water partition coefficient (Wildman–Crippen LogP) is 4.24. The molecule has 0 fully saturated rings. The van der Waals surface area contributed by atoms with Gasteiger partial charge in [0.1, 0.15) is 0 Å². The van der Waals surface area contributed by atoms with E-state index in [1.54, 1.807) is 0 Å². The second-order valence-electron chi connectivity index (χ2n) is 6.47. The molecule has 0 spiro atoms. The lowest BCUT2D eigenvalue weighted by Gasteiger charge is -2.27. The molecule has 5 heteroatoms. The van der Waals surface area contributed by atoms with E-state index in [4.69, 9.17) is 0 Å². The maximum Gasteiger partial charge on any atom is 0.233 e. The van der Waals surface area contributed by atoms with Crippen LogP contribution in [0.4, 0.5) is 0 Å². The Morgan fingerprint density at radius 2 is 2.04 bits per heavy atom. The first-order valence-corrected chi connectivity index (χ1v) is 9.58. The van der Waals surface area contributed by atoms with Gasteiger partial charge < -0.3 is 10.3 Å². The number of rotatable bonds is 4. The summed E-state index contributed by atoms with van der Waals surface area (Å²) in [6.07, 6.45) is 3.23. The second-order valence-corrected chi connectivity index (χ2v) is 7.80. The number of imidazole rings is 1. The molecule has 0 aliphatic heterocycles. The highest BCUT2D eigenvalue weighted by Gasteiger charge is 2.24. The van der Waals surface area contributed by atoms with Crippen LogP contribution in [0.1, 0.15) is 36.9 Å². The topological polar surface area (TPSA) is 57.8 Å². The van der Waals surface area contributed by atoms with E-state index in [0.717, 1.165) is 35.5 Å². The van der Waals surface area contributed by atoms with Gasteiger partial charge >= 0.3 is 0 Å². The number of aromatic amines is 1. The number of benzene rings is 2. The Morgan fingerprint density at radius 1 is 1.24 bits per heavy atom. The summed E-state index contributed by atoms with van der Waals surface area (Å²) in [7, 11) is 0. The number of H-pyrrole nitrogens is 1. The molecule has 3 aromatic rings. The van der Waals surface area contributed by atoms with Gasteiger partial charge in [-0.25, -0.2) is 4.98 Å². The van der Waals surface area contributed by atoms with Gasteiger partial charge in [0.25, 0.3) is 0 Å². The lowest BCUT2D eigenvalue weighted by molar-refractivity contribution is -0.121. The zero-order chi connectivity index (χ0) is 17.2. The van der Waals surface area contributed by atoms with Crippen LogP contribution < -0.4 is 5.32 Å². The Kier molecular flexibility index (Phi) is 4.49. The molecule has 1 heterocycles. The van der Waals surface area contributed by atoms with E-state index in [1.807, 2.05) is 31.2 Å². The van der Waals surface area contributed by atoms with E-state index in [9.17, 15) is 4.79 Å². The van der Waals surface area contributed by atoms with Crippen LogP contribution in [-0.2, 0) is 11.2 Å². The van der Waals surface area contributed by atoms with E-state index in [0.29, 0.717) is 0 Å². The third kappa shape index (κ3) is 3.42. The van der Waals surface area contributed by atoms with Crippen LogP contribution in [0.3, 0.4) is 0 Å². The van der Waals surface area contributed by atoms with Crippen molar-refractivity contribution in [1.82, 2.24) is 15.3 Å². The third-order valence-corrected chi connectivity index (χ3v) is 5.70. The maximum absolute atomic E-state index is 12.7. The minimum Gasteiger partial charge on any atom is -0.348 e. The molecule has 0 bridgehead atoms. The van der Waals surface area contributed by atoms with Gasteiger partial charge in [-0.1, -0.05) is 48.2 Å². The van der Waals surface area contributed by atoms with Crippen molar-refractivity contribution in [2.75, 3.05) is 0 Å². The van der Waals surface area contributed by atoms with Crippen molar-refractivity contribution in [2.45, 2.75) is 42.6 Å². The van der Waals surface area contributed by atoms with Gasteiger partial charge in [0, 0.05) is 0 Å². The predicted molar refractivity (Wildman–Crippen MR) is 102 cm³/mol.